The normalized spacial score (nSPS) is 39.5. The molecular weight excluding hydrogens is 222 g/mol. The van der Waals surface area contributed by atoms with Gasteiger partial charge in [0.1, 0.15) is 0 Å². The number of likely N-dealkylation sites (tertiary alicyclic amines) is 2. The van der Waals surface area contributed by atoms with Crippen molar-refractivity contribution in [3.05, 3.63) is 0 Å². The Hall–Kier alpha value is -0.120. The molecule has 18 heavy (non-hydrogen) atoms. The zero-order chi connectivity index (χ0) is 12.4. The van der Waals surface area contributed by atoms with Gasteiger partial charge in [0.25, 0.3) is 0 Å². The Labute approximate surface area is 112 Å². The van der Waals surface area contributed by atoms with E-state index in [9.17, 15) is 0 Å². The molecule has 1 aliphatic carbocycles. The van der Waals surface area contributed by atoms with Crippen molar-refractivity contribution in [2.45, 2.75) is 63.1 Å². The Balaban J connectivity index is 1.51. The highest BCUT2D eigenvalue weighted by Crippen LogP contribution is 2.28. The predicted octanol–water partition coefficient (Wildman–Crippen LogP) is 1.69. The van der Waals surface area contributed by atoms with Crippen LogP contribution in [0, 0.1) is 0 Å². The monoisotopic (exact) mass is 251 g/mol. The topological polar surface area (TPSA) is 18.5 Å². The van der Waals surface area contributed by atoms with Crippen molar-refractivity contribution in [2.75, 3.05) is 33.2 Å². The summed E-state index contributed by atoms with van der Waals surface area (Å²) in [4.78, 5) is 5.55. The molecule has 0 radical (unpaired) electrons. The molecule has 0 spiro atoms. The molecule has 0 amide bonds. The van der Waals surface area contributed by atoms with Gasteiger partial charge in [-0.05, 0) is 58.7 Å². The fraction of sp³-hybridized carbons (Fsp3) is 1.00. The second-order valence-electron chi connectivity index (χ2n) is 6.49. The van der Waals surface area contributed by atoms with Crippen LogP contribution in [0.2, 0.25) is 0 Å². The summed E-state index contributed by atoms with van der Waals surface area (Å²) in [6.07, 6.45) is 9.90. The van der Waals surface area contributed by atoms with E-state index in [0.29, 0.717) is 0 Å². The highest BCUT2D eigenvalue weighted by Gasteiger charge is 2.34. The van der Waals surface area contributed by atoms with Gasteiger partial charge in [0, 0.05) is 31.2 Å². The van der Waals surface area contributed by atoms with Gasteiger partial charge < -0.3 is 5.32 Å². The fourth-order valence-electron chi connectivity index (χ4n) is 4.26. The molecule has 3 rings (SSSR count). The Morgan fingerprint density at radius 3 is 2.44 bits per heavy atom. The first-order valence-corrected chi connectivity index (χ1v) is 8.02. The van der Waals surface area contributed by atoms with E-state index in [4.69, 9.17) is 0 Å². The third-order valence-electron chi connectivity index (χ3n) is 5.42. The van der Waals surface area contributed by atoms with Crippen molar-refractivity contribution in [2.24, 2.45) is 0 Å². The average molecular weight is 251 g/mol. The summed E-state index contributed by atoms with van der Waals surface area (Å²) in [6.45, 7) is 5.42. The maximum Gasteiger partial charge on any atom is 0.0235 e. The lowest BCUT2D eigenvalue weighted by molar-refractivity contribution is 0.154. The Bertz CT molecular complexity index is 262. The number of nitrogens with zero attached hydrogens (tertiary/aromatic N) is 2. The minimum Gasteiger partial charge on any atom is -0.317 e. The fourth-order valence-corrected chi connectivity index (χ4v) is 4.26. The molecule has 0 aromatic heterocycles. The molecule has 1 saturated carbocycles. The van der Waals surface area contributed by atoms with E-state index < -0.39 is 0 Å². The molecule has 3 atom stereocenters. The maximum atomic E-state index is 3.49. The molecule has 3 fully saturated rings. The third kappa shape index (κ3) is 2.73. The summed E-state index contributed by atoms with van der Waals surface area (Å²) < 4.78 is 0. The van der Waals surface area contributed by atoms with Gasteiger partial charge in [-0.2, -0.15) is 0 Å². The maximum absolute atomic E-state index is 3.49. The van der Waals surface area contributed by atoms with Crippen LogP contribution >= 0.6 is 0 Å². The van der Waals surface area contributed by atoms with Crippen LogP contribution in [-0.4, -0.2) is 61.2 Å². The van der Waals surface area contributed by atoms with Crippen molar-refractivity contribution in [3.8, 4) is 0 Å². The first-order valence-electron chi connectivity index (χ1n) is 8.02. The summed E-state index contributed by atoms with van der Waals surface area (Å²) in [7, 11) is 2.13. The standard InChI is InChI=1S/C15H29N3/c1-16-13-5-4-6-14(11-13)18-10-7-15(12-18)17-8-2-3-9-17/h13-16H,2-12H2,1H3. The second-order valence-corrected chi connectivity index (χ2v) is 6.49. The molecular formula is C15H29N3. The molecule has 0 bridgehead atoms. The van der Waals surface area contributed by atoms with Crippen LogP contribution in [0.1, 0.15) is 44.9 Å². The lowest BCUT2D eigenvalue weighted by Gasteiger charge is -2.35. The molecule has 3 aliphatic rings. The first-order chi connectivity index (χ1) is 8.86. The van der Waals surface area contributed by atoms with E-state index in [-0.39, 0.29) is 0 Å². The molecule has 3 heteroatoms. The number of hydrogen-bond acceptors (Lipinski definition) is 3. The van der Waals surface area contributed by atoms with Crippen LogP contribution in [0.25, 0.3) is 0 Å². The van der Waals surface area contributed by atoms with E-state index >= 15 is 0 Å². The SMILES string of the molecule is CNC1CCCC(N2CCC(N3CCCC3)C2)C1. The van der Waals surface area contributed by atoms with Crippen LogP contribution in [-0.2, 0) is 0 Å². The van der Waals surface area contributed by atoms with Crippen molar-refractivity contribution in [3.63, 3.8) is 0 Å². The van der Waals surface area contributed by atoms with Crippen molar-refractivity contribution in [1.82, 2.24) is 15.1 Å². The Morgan fingerprint density at radius 1 is 0.833 bits per heavy atom. The van der Waals surface area contributed by atoms with Crippen LogP contribution in [0.4, 0.5) is 0 Å². The van der Waals surface area contributed by atoms with E-state index in [1.807, 2.05) is 0 Å². The van der Waals surface area contributed by atoms with Gasteiger partial charge in [-0.3, -0.25) is 9.80 Å². The molecule has 3 nitrogen and oxygen atoms in total. The zero-order valence-electron chi connectivity index (χ0n) is 11.9. The Kier molecular flexibility index (Phi) is 4.22. The van der Waals surface area contributed by atoms with E-state index in [1.54, 1.807) is 0 Å². The van der Waals surface area contributed by atoms with Gasteiger partial charge in [-0.25, -0.2) is 0 Å². The van der Waals surface area contributed by atoms with E-state index in [0.717, 1.165) is 18.1 Å². The zero-order valence-corrected chi connectivity index (χ0v) is 11.9. The van der Waals surface area contributed by atoms with Crippen molar-refractivity contribution in [1.29, 1.82) is 0 Å². The molecule has 0 aromatic rings. The second kappa shape index (κ2) is 5.89. The van der Waals surface area contributed by atoms with Crippen LogP contribution in [0.5, 0.6) is 0 Å². The van der Waals surface area contributed by atoms with Gasteiger partial charge >= 0.3 is 0 Å². The molecule has 2 heterocycles. The van der Waals surface area contributed by atoms with Crippen LogP contribution in [0.15, 0.2) is 0 Å². The summed E-state index contributed by atoms with van der Waals surface area (Å²) in [5.74, 6) is 0. The molecule has 104 valence electrons. The number of hydrogen-bond donors (Lipinski definition) is 1. The van der Waals surface area contributed by atoms with Crippen molar-refractivity contribution < 1.29 is 0 Å². The van der Waals surface area contributed by atoms with Crippen LogP contribution < -0.4 is 5.32 Å². The minimum atomic E-state index is 0.773. The van der Waals surface area contributed by atoms with Gasteiger partial charge in [0.05, 0.1) is 0 Å². The highest BCUT2D eigenvalue weighted by molar-refractivity contribution is 4.91. The number of rotatable bonds is 3. The smallest absolute Gasteiger partial charge is 0.0235 e. The highest BCUT2D eigenvalue weighted by atomic mass is 15.3. The van der Waals surface area contributed by atoms with E-state index in [2.05, 4.69) is 22.2 Å². The largest absolute Gasteiger partial charge is 0.317 e. The summed E-state index contributed by atoms with van der Waals surface area (Å²) >= 11 is 0. The quantitative estimate of drug-likeness (QED) is 0.823. The third-order valence-corrected chi connectivity index (χ3v) is 5.42. The van der Waals surface area contributed by atoms with Crippen molar-refractivity contribution >= 4 is 0 Å². The summed E-state index contributed by atoms with van der Waals surface area (Å²) in [5.41, 5.74) is 0. The lowest BCUT2D eigenvalue weighted by Crippen LogP contribution is -2.44. The lowest BCUT2D eigenvalue weighted by atomic mass is 9.90. The van der Waals surface area contributed by atoms with Gasteiger partial charge in [0.2, 0.25) is 0 Å². The van der Waals surface area contributed by atoms with Gasteiger partial charge in [0.15, 0.2) is 0 Å². The summed E-state index contributed by atoms with van der Waals surface area (Å²) in [5, 5.41) is 3.49. The molecule has 2 aliphatic heterocycles. The van der Waals surface area contributed by atoms with E-state index in [1.165, 1.54) is 71.1 Å². The summed E-state index contributed by atoms with van der Waals surface area (Å²) in [6, 6.07) is 2.51. The predicted molar refractivity (Wildman–Crippen MR) is 75.9 cm³/mol. The molecule has 0 aromatic carbocycles. The first kappa shape index (κ1) is 12.9. The Morgan fingerprint density at radius 2 is 1.67 bits per heavy atom. The molecule has 2 saturated heterocycles. The average Bonchev–Trinajstić information content (AvgIpc) is 3.09. The molecule has 3 unspecified atom stereocenters. The minimum absolute atomic E-state index is 0.773. The van der Waals surface area contributed by atoms with Gasteiger partial charge in [-0.15, -0.1) is 0 Å². The van der Waals surface area contributed by atoms with Crippen LogP contribution in [0.3, 0.4) is 0 Å². The molecule has 1 N–H and O–H groups in total. The number of nitrogens with one attached hydrogen (secondary N) is 1. The van der Waals surface area contributed by atoms with Gasteiger partial charge in [-0.1, -0.05) is 6.42 Å².